The van der Waals surface area contributed by atoms with E-state index in [0.29, 0.717) is 12.0 Å². The van der Waals surface area contributed by atoms with Crippen molar-refractivity contribution in [1.29, 1.82) is 0 Å². The van der Waals surface area contributed by atoms with E-state index >= 15 is 0 Å². The van der Waals surface area contributed by atoms with Crippen molar-refractivity contribution in [2.45, 2.75) is 38.1 Å². The molecule has 2 aliphatic rings. The van der Waals surface area contributed by atoms with E-state index in [9.17, 15) is 9.59 Å². The molecule has 0 fully saturated rings. The molecule has 1 aliphatic carbocycles. The molecule has 1 atom stereocenters. The van der Waals surface area contributed by atoms with Crippen LogP contribution in [-0.2, 0) is 24.1 Å². The zero-order chi connectivity index (χ0) is 20.5. The van der Waals surface area contributed by atoms with Gasteiger partial charge in [0.1, 0.15) is 6.04 Å². The molecule has 0 spiro atoms. The summed E-state index contributed by atoms with van der Waals surface area (Å²) in [5.41, 5.74) is 5.89. The van der Waals surface area contributed by atoms with E-state index in [0.717, 1.165) is 36.2 Å². The molecule has 0 aromatic heterocycles. The topological polar surface area (TPSA) is 49.4 Å². The Bertz CT molecular complexity index is 1110. The van der Waals surface area contributed by atoms with Gasteiger partial charge >= 0.3 is 0 Å². The molecule has 3 aromatic carbocycles. The Kier molecular flexibility index (Phi) is 4.83. The van der Waals surface area contributed by atoms with Gasteiger partial charge in [-0.15, -0.1) is 0 Å². The molecular weight excluding hydrogens is 372 g/mol. The standard InChI is InChI=1S/C26H24N2O2/c29-25(27-22-15-8-13-18-9-4-6-14-21(18)22)24-17-20-12-5-7-16-23(20)28(24)26(30)19-10-2-1-3-11-19/h1-3,5,7-8,10-13,15-16,24H,4,6,9,14,17H2,(H,27,29)/t24-/m0/s1. The van der Waals surface area contributed by atoms with E-state index < -0.39 is 6.04 Å². The Labute approximate surface area is 176 Å². The molecule has 2 amide bonds. The number of carbonyl (C=O) groups excluding carboxylic acids is 2. The average Bonchev–Trinajstić information content (AvgIpc) is 3.19. The lowest BCUT2D eigenvalue weighted by molar-refractivity contribution is -0.117. The van der Waals surface area contributed by atoms with Gasteiger partial charge in [0.15, 0.2) is 0 Å². The second kappa shape index (κ2) is 7.79. The quantitative estimate of drug-likeness (QED) is 0.693. The number of para-hydroxylation sites is 1. The number of carbonyl (C=O) groups is 2. The number of nitrogens with zero attached hydrogens (tertiary/aromatic N) is 1. The number of aryl methyl sites for hydroxylation is 1. The first-order valence-electron chi connectivity index (χ1n) is 10.6. The van der Waals surface area contributed by atoms with Crippen LogP contribution in [0, 0.1) is 0 Å². The highest BCUT2D eigenvalue weighted by Crippen LogP contribution is 2.35. The smallest absolute Gasteiger partial charge is 0.259 e. The number of amides is 2. The van der Waals surface area contributed by atoms with Crippen LogP contribution in [0.25, 0.3) is 0 Å². The third kappa shape index (κ3) is 3.28. The van der Waals surface area contributed by atoms with Crippen LogP contribution >= 0.6 is 0 Å². The zero-order valence-electron chi connectivity index (χ0n) is 16.8. The molecule has 4 nitrogen and oxygen atoms in total. The van der Waals surface area contributed by atoms with Crippen LogP contribution in [0.2, 0.25) is 0 Å². The van der Waals surface area contributed by atoms with Crippen LogP contribution in [0.1, 0.15) is 39.9 Å². The predicted octanol–water partition coefficient (Wildman–Crippen LogP) is 4.78. The van der Waals surface area contributed by atoms with E-state index in [4.69, 9.17) is 0 Å². The number of fused-ring (bicyclic) bond motifs is 2. The highest BCUT2D eigenvalue weighted by Gasteiger charge is 2.38. The molecule has 5 rings (SSSR count). The fourth-order valence-electron chi connectivity index (χ4n) is 4.68. The van der Waals surface area contributed by atoms with Gasteiger partial charge < -0.3 is 5.32 Å². The number of hydrogen-bond acceptors (Lipinski definition) is 2. The summed E-state index contributed by atoms with van der Waals surface area (Å²) in [5, 5.41) is 3.15. The summed E-state index contributed by atoms with van der Waals surface area (Å²) in [7, 11) is 0. The van der Waals surface area contributed by atoms with Crippen molar-refractivity contribution in [1.82, 2.24) is 0 Å². The van der Waals surface area contributed by atoms with Crippen LogP contribution in [0.3, 0.4) is 0 Å². The van der Waals surface area contributed by atoms with Crippen LogP contribution in [0.15, 0.2) is 72.8 Å². The molecule has 1 N–H and O–H groups in total. The molecule has 0 radical (unpaired) electrons. The molecule has 30 heavy (non-hydrogen) atoms. The van der Waals surface area contributed by atoms with Gasteiger partial charge in [-0.3, -0.25) is 14.5 Å². The first-order valence-corrected chi connectivity index (χ1v) is 10.6. The van der Waals surface area contributed by atoms with Crippen molar-refractivity contribution in [3.8, 4) is 0 Å². The molecule has 0 saturated carbocycles. The summed E-state index contributed by atoms with van der Waals surface area (Å²) in [5.74, 6) is -0.273. The molecule has 1 aliphatic heterocycles. The Balaban J connectivity index is 1.47. The Morgan fingerprint density at radius 1 is 0.800 bits per heavy atom. The molecular formula is C26H24N2O2. The number of nitrogens with one attached hydrogen (secondary N) is 1. The monoisotopic (exact) mass is 396 g/mol. The van der Waals surface area contributed by atoms with Crippen molar-refractivity contribution >= 4 is 23.2 Å². The summed E-state index contributed by atoms with van der Waals surface area (Å²) in [4.78, 5) is 28.4. The van der Waals surface area contributed by atoms with E-state index in [1.54, 1.807) is 17.0 Å². The van der Waals surface area contributed by atoms with Crippen molar-refractivity contribution < 1.29 is 9.59 Å². The fraction of sp³-hybridized carbons (Fsp3) is 0.231. The minimum absolute atomic E-state index is 0.130. The van der Waals surface area contributed by atoms with Gasteiger partial charge in [-0.05, 0) is 66.6 Å². The highest BCUT2D eigenvalue weighted by molar-refractivity contribution is 6.13. The summed E-state index contributed by atoms with van der Waals surface area (Å²) >= 11 is 0. The van der Waals surface area contributed by atoms with Crippen LogP contribution < -0.4 is 10.2 Å². The lowest BCUT2D eigenvalue weighted by atomic mass is 9.90. The van der Waals surface area contributed by atoms with E-state index in [-0.39, 0.29) is 11.8 Å². The first kappa shape index (κ1) is 18.6. The van der Waals surface area contributed by atoms with Crippen LogP contribution in [0.5, 0.6) is 0 Å². The maximum absolute atomic E-state index is 13.4. The Morgan fingerprint density at radius 3 is 2.40 bits per heavy atom. The largest absolute Gasteiger partial charge is 0.324 e. The van der Waals surface area contributed by atoms with Gasteiger partial charge in [0.2, 0.25) is 5.91 Å². The van der Waals surface area contributed by atoms with Gasteiger partial charge in [0.05, 0.1) is 0 Å². The minimum atomic E-state index is -0.561. The molecule has 0 saturated heterocycles. The lowest BCUT2D eigenvalue weighted by Crippen LogP contribution is -2.45. The molecule has 150 valence electrons. The Hall–Kier alpha value is -3.40. The van der Waals surface area contributed by atoms with E-state index in [1.165, 1.54) is 17.5 Å². The molecule has 3 aromatic rings. The maximum atomic E-state index is 13.4. The van der Waals surface area contributed by atoms with Crippen LogP contribution in [0.4, 0.5) is 11.4 Å². The van der Waals surface area contributed by atoms with E-state index in [1.807, 2.05) is 54.6 Å². The lowest BCUT2D eigenvalue weighted by Gasteiger charge is -2.26. The number of hydrogen-bond donors (Lipinski definition) is 1. The summed E-state index contributed by atoms with van der Waals surface area (Å²) in [6.07, 6.45) is 4.92. The van der Waals surface area contributed by atoms with Gasteiger partial charge in [0, 0.05) is 23.4 Å². The van der Waals surface area contributed by atoms with Gasteiger partial charge in [-0.2, -0.15) is 0 Å². The van der Waals surface area contributed by atoms with Crippen molar-refractivity contribution in [2.75, 3.05) is 10.2 Å². The second-order valence-electron chi connectivity index (χ2n) is 8.03. The number of anilines is 2. The first-order chi connectivity index (χ1) is 14.7. The normalized spacial score (nSPS) is 17.2. The second-order valence-corrected chi connectivity index (χ2v) is 8.03. The van der Waals surface area contributed by atoms with Crippen molar-refractivity contribution in [3.63, 3.8) is 0 Å². The van der Waals surface area contributed by atoms with Crippen molar-refractivity contribution in [2.24, 2.45) is 0 Å². The number of rotatable bonds is 3. The molecule has 1 heterocycles. The molecule has 0 unspecified atom stereocenters. The summed E-state index contributed by atoms with van der Waals surface area (Å²) in [6.45, 7) is 0. The van der Waals surface area contributed by atoms with Gasteiger partial charge in [-0.25, -0.2) is 0 Å². The average molecular weight is 396 g/mol. The fourth-order valence-corrected chi connectivity index (χ4v) is 4.68. The summed E-state index contributed by atoms with van der Waals surface area (Å²) in [6, 6.07) is 22.6. The SMILES string of the molecule is O=C(Nc1cccc2c1CCCC2)[C@@H]1Cc2ccccc2N1C(=O)c1ccccc1. The zero-order valence-corrected chi connectivity index (χ0v) is 16.8. The molecule has 0 bridgehead atoms. The number of benzene rings is 3. The Morgan fingerprint density at radius 2 is 1.53 bits per heavy atom. The third-order valence-corrected chi connectivity index (χ3v) is 6.17. The summed E-state index contributed by atoms with van der Waals surface area (Å²) < 4.78 is 0. The third-order valence-electron chi connectivity index (χ3n) is 6.17. The van der Waals surface area contributed by atoms with E-state index in [2.05, 4.69) is 11.4 Å². The maximum Gasteiger partial charge on any atom is 0.259 e. The molecule has 4 heteroatoms. The van der Waals surface area contributed by atoms with Gasteiger partial charge in [-0.1, -0.05) is 48.5 Å². The predicted molar refractivity (Wildman–Crippen MR) is 119 cm³/mol. The van der Waals surface area contributed by atoms with Crippen LogP contribution in [-0.4, -0.2) is 17.9 Å². The van der Waals surface area contributed by atoms with Gasteiger partial charge in [0.25, 0.3) is 5.91 Å². The van der Waals surface area contributed by atoms with Crippen molar-refractivity contribution in [3.05, 3.63) is 95.1 Å². The highest BCUT2D eigenvalue weighted by atomic mass is 16.2. The minimum Gasteiger partial charge on any atom is -0.324 e.